The molecule has 27 heavy (non-hydrogen) atoms. The monoisotopic (exact) mass is 376 g/mol. The molecule has 8 heteroatoms. The Kier molecular flexibility index (Phi) is 6.12. The van der Waals surface area contributed by atoms with Gasteiger partial charge in [-0.05, 0) is 30.7 Å². The number of carbonyl (C=O) groups is 2. The number of hydrogen-bond acceptors (Lipinski definition) is 8. The summed E-state index contributed by atoms with van der Waals surface area (Å²) in [5.74, 6) is -1.26. The summed E-state index contributed by atoms with van der Waals surface area (Å²) in [6, 6.07) is 5.68. The Balaban J connectivity index is 2.71. The molecule has 8 nitrogen and oxygen atoms in total. The number of phenolic OH excluding ortho intramolecular Hbond substituents is 1. The Morgan fingerprint density at radius 2 is 1.41 bits per heavy atom. The van der Waals surface area contributed by atoms with Crippen LogP contribution in [0.15, 0.2) is 24.3 Å². The van der Waals surface area contributed by atoms with Crippen molar-refractivity contribution in [3.05, 3.63) is 41.0 Å². The van der Waals surface area contributed by atoms with Crippen LogP contribution in [-0.2, 0) is 9.47 Å². The summed E-state index contributed by atoms with van der Waals surface area (Å²) in [4.78, 5) is 24.4. The van der Waals surface area contributed by atoms with E-state index in [0.29, 0.717) is 0 Å². The van der Waals surface area contributed by atoms with E-state index in [0.717, 1.165) is 5.56 Å². The number of aromatic hydroxyl groups is 1. The minimum atomic E-state index is -0.751. The van der Waals surface area contributed by atoms with Crippen LogP contribution >= 0.6 is 0 Å². The number of ether oxygens (including phenoxy) is 5. The molecule has 0 aliphatic heterocycles. The van der Waals surface area contributed by atoms with Gasteiger partial charge in [-0.15, -0.1) is 0 Å². The molecule has 0 atom stereocenters. The van der Waals surface area contributed by atoms with Crippen molar-refractivity contribution in [2.75, 3.05) is 28.4 Å². The van der Waals surface area contributed by atoms with Crippen LogP contribution in [0.2, 0.25) is 0 Å². The van der Waals surface area contributed by atoms with Crippen LogP contribution in [0.25, 0.3) is 0 Å². The fourth-order valence-corrected chi connectivity index (χ4v) is 2.48. The van der Waals surface area contributed by atoms with Crippen LogP contribution in [0.5, 0.6) is 28.7 Å². The first kappa shape index (κ1) is 19.9. The quantitative estimate of drug-likeness (QED) is 0.768. The predicted octanol–water partition coefficient (Wildman–Crippen LogP) is 3.08. The van der Waals surface area contributed by atoms with E-state index < -0.39 is 11.9 Å². The third kappa shape index (κ3) is 4.05. The fourth-order valence-electron chi connectivity index (χ4n) is 2.48. The normalized spacial score (nSPS) is 10.1. The van der Waals surface area contributed by atoms with Gasteiger partial charge in [0.1, 0.15) is 28.4 Å². The van der Waals surface area contributed by atoms with Gasteiger partial charge >= 0.3 is 11.9 Å². The summed E-state index contributed by atoms with van der Waals surface area (Å²) < 4.78 is 25.9. The van der Waals surface area contributed by atoms with Crippen molar-refractivity contribution in [2.45, 2.75) is 6.92 Å². The molecule has 0 aromatic heterocycles. The minimum Gasteiger partial charge on any atom is -0.508 e. The highest BCUT2D eigenvalue weighted by atomic mass is 16.5. The van der Waals surface area contributed by atoms with Crippen LogP contribution in [0, 0.1) is 6.92 Å². The summed E-state index contributed by atoms with van der Waals surface area (Å²) in [5, 5.41) is 9.83. The zero-order chi connectivity index (χ0) is 20.1. The lowest BCUT2D eigenvalue weighted by Gasteiger charge is -2.18. The number of carbonyl (C=O) groups excluding carboxylic acids is 2. The zero-order valence-corrected chi connectivity index (χ0v) is 15.6. The molecule has 0 aliphatic carbocycles. The highest BCUT2D eigenvalue weighted by Crippen LogP contribution is 2.41. The largest absolute Gasteiger partial charge is 0.508 e. The Labute approximate surface area is 156 Å². The number of aryl methyl sites for hydroxylation is 1. The molecule has 0 amide bonds. The van der Waals surface area contributed by atoms with Crippen molar-refractivity contribution in [1.29, 1.82) is 0 Å². The van der Waals surface area contributed by atoms with Crippen LogP contribution in [0.1, 0.15) is 26.3 Å². The second-order valence-electron chi connectivity index (χ2n) is 5.45. The Morgan fingerprint density at radius 1 is 0.815 bits per heavy atom. The van der Waals surface area contributed by atoms with Crippen molar-refractivity contribution >= 4 is 11.9 Å². The first-order valence-corrected chi connectivity index (χ1v) is 7.80. The van der Waals surface area contributed by atoms with Gasteiger partial charge in [0, 0.05) is 6.07 Å². The molecular formula is C19H20O8. The van der Waals surface area contributed by atoms with E-state index >= 15 is 0 Å². The zero-order valence-electron chi connectivity index (χ0n) is 15.6. The number of methoxy groups -OCH3 is 4. The Morgan fingerprint density at radius 3 is 1.96 bits per heavy atom. The molecule has 0 unspecified atom stereocenters. The van der Waals surface area contributed by atoms with Crippen molar-refractivity contribution in [2.24, 2.45) is 0 Å². The van der Waals surface area contributed by atoms with Crippen LogP contribution in [0.3, 0.4) is 0 Å². The smallest absolute Gasteiger partial charge is 0.345 e. The van der Waals surface area contributed by atoms with Crippen molar-refractivity contribution in [1.82, 2.24) is 0 Å². The van der Waals surface area contributed by atoms with Gasteiger partial charge in [-0.25, -0.2) is 9.59 Å². The summed E-state index contributed by atoms with van der Waals surface area (Å²) in [5.41, 5.74) is 0.703. The molecule has 2 aromatic rings. The van der Waals surface area contributed by atoms with Gasteiger partial charge < -0.3 is 28.8 Å². The summed E-state index contributed by atoms with van der Waals surface area (Å²) in [7, 11) is 5.18. The lowest BCUT2D eigenvalue weighted by Crippen LogP contribution is -2.09. The van der Waals surface area contributed by atoms with E-state index in [4.69, 9.17) is 23.7 Å². The van der Waals surface area contributed by atoms with E-state index in [-0.39, 0.29) is 39.9 Å². The molecule has 0 heterocycles. The third-order valence-corrected chi connectivity index (χ3v) is 3.70. The van der Waals surface area contributed by atoms with Gasteiger partial charge in [0.25, 0.3) is 0 Å². The van der Waals surface area contributed by atoms with E-state index in [1.165, 1.54) is 40.6 Å². The molecule has 2 rings (SSSR count). The summed E-state index contributed by atoms with van der Waals surface area (Å²) >= 11 is 0. The van der Waals surface area contributed by atoms with E-state index in [1.807, 2.05) is 0 Å². The molecule has 0 saturated heterocycles. The van der Waals surface area contributed by atoms with Crippen LogP contribution < -0.4 is 14.2 Å². The SMILES string of the molecule is COC(=O)c1cc(O)cc(OC)c1Oc1cc(C)cc(OC)c1C(=O)OC. The molecule has 0 saturated carbocycles. The second-order valence-corrected chi connectivity index (χ2v) is 5.45. The van der Waals surface area contributed by atoms with E-state index in [9.17, 15) is 14.7 Å². The van der Waals surface area contributed by atoms with Gasteiger partial charge in [-0.2, -0.15) is 0 Å². The second kappa shape index (κ2) is 8.31. The molecule has 0 radical (unpaired) electrons. The maximum atomic E-state index is 12.3. The first-order valence-electron chi connectivity index (χ1n) is 7.80. The van der Waals surface area contributed by atoms with Crippen molar-refractivity contribution in [3.63, 3.8) is 0 Å². The number of hydrogen-bond donors (Lipinski definition) is 1. The number of esters is 2. The van der Waals surface area contributed by atoms with Gasteiger partial charge in [0.05, 0.1) is 28.4 Å². The van der Waals surface area contributed by atoms with Crippen molar-refractivity contribution in [3.8, 4) is 28.7 Å². The lowest BCUT2D eigenvalue weighted by atomic mass is 10.1. The van der Waals surface area contributed by atoms with E-state index in [2.05, 4.69) is 0 Å². The molecule has 0 fully saturated rings. The van der Waals surface area contributed by atoms with Gasteiger partial charge in [-0.3, -0.25) is 0 Å². The van der Waals surface area contributed by atoms with Crippen molar-refractivity contribution < 1.29 is 38.4 Å². The maximum absolute atomic E-state index is 12.3. The molecular weight excluding hydrogens is 356 g/mol. The van der Waals surface area contributed by atoms with Crippen LogP contribution in [-0.4, -0.2) is 45.5 Å². The molecule has 2 aromatic carbocycles. The average Bonchev–Trinajstić information content (AvgIpc) is 2.66. The predicted molar refractivity (Wildman–Crippen MR) is 95.1 cm³/mol. The van der Waals surface area contributed by atoms with Gasteiger partial charge in [0.2, 0.25) is 0 Å². The van der Waals surface area contributed by atoms with E-state index in [1.54, 1.807) is 19.1 Å². The maximum Gasteiger partial charge on any atom is 0.345 e. The Bertz CT molecular complexity index is 872. The highest BCUT2D eigenvalue weighted by molar-refractivity contribution is 5.97. The minimum absolute atomic E-state index is 0.0278. The lowest BCUT2D eigenvalue weighted by molar-refractivity contribution is 0.0591. The highest BCUT2D eigenvalue weighted by Gasteiger charge is 2.25. The summed E-state index contributed by atoms with van der Waals surface area (Å²) in [6.07, 6.45) is 0. The number of phenols is 1. The molecule has 144 valence electrons. The van der Waals surface area contributed by atoms with Gasteiger partial charge in [0.15, 0.2) is 11.5 Å². The molecule has 0 aliphatic rings. The summed E-state index contributed by atoms with van der Waals surface area (Å²) in [6.45, 7) is 1.78. The van der Waals surface area contributed by atoms with Gasteiger partial charge in [-0.1, -0.05) is 0 Å². The first-order chi connectivity index (χ1) is 12.9. The standard InChI is InChI=1S/C19H20O8/c1-10-6-13(23-2)16(19(22)26-5)14(7-10)27-17-12(18(21)25-4)8-11(20)9-15(17)24-3/h6-9,20H,1-5H3. The number of benzene rings is 2. The molecule has 0 bridgehead atoms. The van der Waals surface area contributed by atoms with Crippen LogP contribution in [0.4, 0.5) is 0 Å². The molecule has 0 spiro atoms. The molecule has 1 N–H and O–H groups in total. The fraction of sp³-hybridized carbons (Fsp3) is 0.263. The number of rotatable bonds is 6. The topological polar surface area (TPSA) is 101 Å². The average molecular weight is 376 g/mol. The third-order valence-electron chi connectivity index (χ3n) is 3.70. The Hall–Kier alpha value is -3.42.